The number of rotatable bonds is 6. The first-order valence-electron chi connectivity index (χ1n) is 6.50. The summed E-state index contributed by atoms with van der Waals surface area (Å²) in [6.07, 6.45) is 1.55. The van der Waals surface area contributed by atoms with E-state index in [0.717, 1.165) is 11.3 Å². The molecule has 0 saturated heterocycles. The molecule has 0 amide bonds. The van der Waals surface area contributed by atoms with E-state index in [0.29, 0.717) is 11.6 Å². The van der Waals surface area contributed by atoms with Gasteiger partial charge in [-0.2, -0.15) is 0 Å². The SMILES string of the molecule is COC(=O)c1sccc1S(=O)(=O)NCc1nccc(N(C)C)n1. The lowest BCUT2D eigenvalue weighted by atomic mass is 10.5. The van der Waals surface area contributed by atoms with E-state index in [9.17, 15) is 13.2 Å². The highest BCUT2D eigenvalue weighted by molar-refractivity contribution is 7.89. The molecule has 0 aromatic carbocycles. The summed E-state index contributed by atoms with van der Waals surface area (Å²) in [7, 11) is 0.980. The van der Waals surface area contributed by atoms with Crippen molar-refractivity contribution in [2.75, 3.05) is 26.1 Å². The van der Waals surface area contributed by atoms with Crippen molar-refractivity contribution in [2.24, 2.45) is 0 Å². The van der Waals surface area contributed by atoms with Gasteiger partial charge in [0.2, 0.25) is 10.0 Å². The van der Waals surface area contributed by atoms with Crippen LogP contribution in [0, 0.1) is 0 Å². The van der Waals surface area contributed by atoms with Crippen molar-refractivity contribution in [1.29, 1.82) is 0 Å². The fraction of sp³-hybridized carbons (Fsp3) is 0.308. The standard InChI is InChI=1S/C13H16N4O4S2/c1-17(2)11-4-6-14-10(16-11)8-15-23(19,20)9-5-7-22-12(9)13(18)21-3/h4-7,15H,8H2,1-3H3. The van der Waals surface area contributed by atoms with Gasteiger partial charge in [0, 0.05) is 20.3 Å². The Bertz CT molecular complexity index is 802. The Balaban J connectivity index is 2.18. The van der Waals surface area contributed by atoms with Crippen LogP contribution in [0.2, 0.25) is 0 Å². The summed E-state index contributed by atoms with van der Waals surface area (Å²) < 4.78 is 31.7. The molecule has 0 radical (unpaired) electrons. The van der Waals surface area contributed by atoms with Gasteiger partial charge in [-0.3, -0.25) is 0 Å². The molecule has 0 spiro atoms. The second-order valence-electron chi connectivity index (χ2n) is 4.66. The minimum absolute atomic E-state index is 0.0305. The molecule has 2 aromatic heterocycles. The first-order chi connectivity index (χ1) is 10.8. The second kappa shape index (κ2) is 7.02. The number of ether oxygens (including phenoxy) is 1. The number of thiophene rings is 1. The number of sulfonamides is 1. The molecule has 0 aliphatic rings. The smallest absolute Gasteiger partial charge is 0.349 e. The number of methoxy groups -OCH3 is 1. The van der Waals surface area contributed by atoms with Gasteiger partial charge in [-0.15, -0.1) is 11.3 Å². The van der Waals surface area contributed by atoms with Gasteiger partial charge < -0.3 is 9.64 Å². The molecule has 0 unspecified atom stereocenters. The first-order valence-corrected chi connectivity index (χ1v) is 8.86. The van der Waals surface area contributed by atoms with Crippen molar-refractivity contribution >= 4 is 33.1 Å². The highest BCUT2D eigenvalue weighted by atomic mass is 32.2. The molecule has 0 aliphatic heterocycles. The van der Waals surface area contributed by atoms with Crippen molar-refractivity contribution in [1.82, 2.24) is 14.7 Å². The van der Waals surface area contributed by atoms with Gasteiger partial charge in [-0.05, 0) is 17.5 Å². The summed E-state index contributed by atoms with van der Waals surface area (Å²) in [6, 6.07) is 3.07. The van der Waals surface area contributed by atoms with Gasteiger partial charge in [-0.1, -0.05) is 0 Å². The molecule has 0 bridgehead atoms. The molecule has 2 aromatic rings. The van der Waals surface area contributed by atoms with Crippen LogP contribution >= 0.6 is 11.3 Å². The number of esters is 1. The number of carbonyl (C=O) groups excluding carboxylic acids is 1. The zero-order valence-corrected chi connectivity index (χ0v) is 14.4. The third-order valence-electron chi connectivity index (χ3n) is 2.86. The van der Waals surface area contributed by atoms with Crippen LogP contribution in [-0.4, -0.2) is 45.6 Å². The fourth-order valence-electron chi connectivity index (χ4n) is 1.71. The van der Waals surface area contributed by atoms with Crippen LogP contribution in [0.3, 0.4) is 0 Å². The van der Waals surface area contributed by atoms with Crippen molar-refractivity contribution in [3.63, 3.8) is 0 Å². The molecule has 0 fully saturated rings. The molecule has 2 heterocycles. The van der Waals surface area contributed by atoms with E-state index in [4.69, 9.17) is 0 Å². The Morgan fingerprint density at radius 3 is 2.78 bits per heavy atom. The lowest BCUT2D eigenvalue weighted by molar-refractivity contribution is 0.0602. The molecule has 0 atom stereocenters. The maximum absolute atomic E-state index is 12.3. The lowest BCUT2D eigenvalue weighted by Crippen LogP contribution is -2.25. The summed E-state index contributed by atoms with van der Waals surface area (Å²) in [5.74, 6) is 0.306. The summed E-state index contributed by atoms with van der Waals surface area (Å²) in [5, 5.41) is 1.52. The van der Waals surface area contributed by atoms with Crippen LogP contribution in [0.5, 0.6) is 0 Å². The Morgan fingerprint density at radius 1 is 1.39 bits per heavy atom. The van der Waals surface area contributed by atoms with Crippen LogP contribution in [0.1, 0.15) is 15.5 Å². The minimum atomic E-state index is -3.87. The van der Waals surface area contributed by atoms with E-state index in [1.54, 1.807) is 17.2 Å². The summed E-state index contributed by atoms with van der Waals surface area (Å²) >= 11 is 1.01. The summed E-state index contributed by atoms with van der Waals surface area (Å²) in [4.78, 5) is 21.6. The molecule has 10 heteroatoms. The van der Waals surface area contributed by atoms with E-state index in [2.05, 4.69) is 19.4 Å². The number of hydrogen-bond donors (Lipinski definition) is 1. The largest absolute Gasteiger partial charge is 0.465 e. The summed E-state index contributed by atoms with van der Waals surface area (Å²) in [6.45, 7) is -0.0829. The topological polar surface area (TPSA) is 101 Å². The molecular weight excluding hydrogens is 340 g/mol. The monoisotopic (exact) mass is 356 g/mol. The predicted octanol–water partition coefficient (Wildman–Crippen LogP) is 0.869. The van der Waals surface area contributed by atoms with Gasteiger partial charge >= 0.3 is 5.97 Å². The number of nitrogens with one attached hydrogen (secondary N) is 1. The van der Waals surface area contributed by atoms with Crippen LogP contribution in [0.4, 0.5) is 5.82 Å². The third-order valence-corrected chi connectivity index (χ3v) is 5.33. The van der Waals surface area contributed by atoms with Gasteiger partial charge in [-0.25, -0.2) is 27.9 Å². The molecule has 8 nitrogen and oxygen atoms in total. The van der Waals surface area contributed by atoms with Crippen molar-refractivity contribution in [2.45, 2.75) is 11.4 Å². The number of carbonyl (C=O) groups is 1. The highest BCUT2D eigenvalue weighted by Crippen LogP contribution is 2.22. The Kier molecular flexibility index (Phi) is 5.29. The van der Waals surface area contributed by atoms with Crippen molar-refractivity contribution in [3.8, 4) is 0 Å². The third kappa shape index (κ3) is 4.03. The van der Waals surface area contributed by atoms with Crippen LogP contribution in [0.25, 0.3) is 0 Å². The highest BCUT2D eigenvalue weighted by Gasteiger charge is 2.24. The Hall–Kier alpha value is -2.04. The zero-order chi connectivity index (χ0) is 17.0. The van der Waals surface area contributed by atoms with Crippen LogP contribution in [-0.2, 0) is 21.3 Å². The van der Waals surface area contributed by atoms with Gasteiger partial charge in [0.1, 0.15) is 21.4 Å². The second-order valence-corrected chi connectivity index (χ2v) is 7.31. The molecular formula is C13H16N4O4S2. The van der Waals surface area contributed by atoms with Crippen LogP contribution < -0.4 is 9.62 Å². The molecule has 0 saturated carbocycles. The van der Waals surface area contributed by atoms with E-state index in [1.165, 1.54) is 18.6 Å². The minimum Gasteiger partial charge on any atom is -0.465 e. The van der Waals surface area contributed by atoms with E-state index >= 15 is 0 Å². The summed E-state index contributed by atoms with van der Waals surface area (Å²) in [5.41, 5.74) is 0. The average molecular weight is 356 g/mol. The van der Waals surface area contributed by atoms with Crippen molar-refractivity contribution < 1.29 is 17.9 Å². The normalized spacial score (nSPS) is 11.3. The Labute approximate surface area is 138 Å². The van der Waals surface area contributed by atoms with Crippen molar-refractivity contribution in [3.05, 3.63) is 34.4 Å². The maximum atomic E-state index is 12.3. The molecule has 124 valence electrons. The first kappa shape index (κ1) is 17.3. The van der Waals surface area contributed by atoms with E-state index < -0.39 is 16.0 Å². The fourth-order valence-corrected chi connectivity index (χ4v) is 4.02. The molecule has 23 heavy (non-hydrogen) atoms. The molecule has 2 rings (SSSR count). The lowest BCUT2D eigenvalue weighted by Gasteiger charge is -2.12. The van der Waals surface area contributed by atoms with Gasteiger partial charge in [0.05, 0.1) is 13.7 Å². The van der Waals surface area contributed by atoms with E-state index in [1.807, 2.05) is 14.1 Å². The average Bonchev–Trinajstić information content (AvgIpc) is 3.03. The number of aromatic nitrogens is 2. The van der Waals surface area contributed by atoms with Crippen LogP contribution in [0.15, 0.2) is 28.6 Å². The van der Waals surface area contributed by atoms with Gasteiger partial charge in [0.25, 0.3) is 0 Å². The van der Waals surface area contributed by atoms with Gasteiger partial charge in [0.15, 0.2) is 0 Å². The number of hydrogen-bond acceptors (Lipinski definition) is 8. The maximum Gasteiger partial charge on any atom is 0.349 e. The molecule has 0 aliphatic carbocycles. The zero-order valence-electron chi connectivity index (χ0n) is 12.8. The Morgan fingerprint density at radius 2 is 2.13 bits per heavy atom. The molecule has 1 N–H and O–H groups in total. The predicted molar refractivity (Wildman–Crippen MR) is 86.0 cm³/mol. The van der Waals surface area contributed by atoms with E-state index in [-0.39, 0.29) is 16.3 Å². The number of anilines is 1. The number of nitrogens with zero attached hydrogens (tertiary/aromatic N) is 3. The quantitative estimate of drug-likeness (QED) is 0.766.